The zero-order valence-electron chi connectivity index (χ0n) is 17.8. The summed E-state index contributed by atoms with van der Waals surface area (Å²) < 4.78 is 29.4. The number of methoxy groups -OCH3 is 3. The van der Waals surface area contributed by atoms with Gasteiger partial charge in [-0.25, -0.2) is 9.38 Å². The molecule has 0 spiro atoms. The zero-order chi connectivity index (χ0) is 22.7. The van der Waals surface area contributed by atoms with Crippen molar-refractivity contribution in [2.75, 3.05) is 26.2 Å². The van der Waals surface area contributed by atoms with Gasteiger partial charge in [-0.15, -0.1) is 0 Å². The van der Waals surface area contributed by atoms with Gasteiger partial charge in [-0.1, -0.05) is 0 Å². The molecule has 7 heteroatoms. The number of amidine groups is 1. The Kier molecular flexibility index (Phi) is 5.89. The average Bonchev–Trinajstić information content (AvgIpc) is 3.15. The molecule has 1 aliphatic heterocycles. The van der Waals surface area contributed by atoms with E-state index in [0.29, 0.717) is 39.9 Å². The van der Waals surface area contributed by atoms with Gasteiger partial charge in [0.1, 0.15) is 34.6 Å². The van der Waals surface area contributed by atoms with Crippen molar-refractivity contribution in [1.29, 1.82) is 0 Å². The molecule has 0 atom stereocenters. The van der Waals surface area contributed by atoms with E-state index in [1.807, 2.05) is 12.1 Å². The Hall–Kier alpha value is -4.13. The third kappa shape index (κ3) is 4.05. The number of hydrogen-bond acceptors (Lipinski definition) is 5. The van der Waals surface area contributed by atoms with E-state index >= 15 is 0 Å². The molecule has 1 aliphatic rings. The van der Waals surface area contributed by atoms with Gasteiger partial charge in [-0.3, -0.25) is 9.69 Å². The van der Waals surface area contributed by atoms with Crippen LogP contribution < -0.4 is 19.1 Å². The van der Waals surface area contributed by atoms with E-state index in [0.717, 1.165) is 0 Å². The molecule has 1 amide bonds. The molecule has 0 bridgehead atoms. The van der Waals surface area contributed by atoms with Crippen LogP contribution in [0.5, 0.6) is 17.2 Å². The molecule has 32 heavy (non-hydrogen) atoms. The first-order chi connectivity index (χ1) is 15.5. The number of rotatable bonds is 6. The Morgan fingerprint density at radius 2 is 1.50 bits per heavy atom. The van der Waals surface area contributed by atoms with Gasteiger partial charge in [0.15, 0.2) is 0 Å². The second-order valence-corrected chi connectivity index (χ2v) is 6.92. The number of benzene rings is 3. The molecule has 0 unspecified atom stereocenters. The quantitative estimate of drug-likeness (QED) is 0.531. The number of aliphatic imine (C=N–C) groups is 1. The van der Waals surface area contributed by atoms with Crippen molar-refractivity contribution >= 4 is 23.5 Å². The molecule has 3 aromatic carbocycles. The van der Waals surface area contributed by atoms with Gasteiger partial charge in [0, 0.05) is 17.2 Å². The summed E-state index contributed by atoms with van der Waals surface area (Å²) in [4.78, 5) is 19.5. The van der Waals surface area contributed by atoms with Crippen molar-refractivity contribution in [2.24, 2.45) is 4.99 Å². The topological polar surface area (TPSA) is 60.4 Å². The number of hydrogen-bond donors (Lipinski definition) is 0. The minimum atomic E-state index is -0.387. The molecule has 4 rings (SSSR count). The predicted octanol–water partition coefficient (Wildman–Crippen LogP) is 4.69. The third-order valence-corrected chi connectivity index (χ3v) is 5.03. The lowest BCUT2D eigenvalue weighted by Gasteiger charge is -2.18. The summed E-state index contributed by atoms with van der Waals surface area (Å²) in [6.07, 6.45) is 1.66. The Labute approximate surface area is 185 Å². The zero-order valence-corrected chi connectivity index (χ0v) is 17.8. The molecule has 0 aromatic heterocycles. The summed E-state index contributed by atoms with van der Waals surface area (Å²) in [6.45, 7) is 0. The van der Waals surface area contributed by atoms with E-state index in [4.69, 9.17) is 14.2 Å². The Morgan fingerprint density at radius 1 is 0.844 bits per heavy atom. The van der Waals surface area contributed by atoms with Crippen molar-refractivity contribution in [1.82, 2.24) is 0 Å². The molecule has 0 saturated heterocycles. The minimum absolute atomic E-state index is 0.226. The maximum Gasteiger partial charge on any atom is 0.282 e. The van der Waals surface area contributed by atoms with Crippen LogP contribution in [-0.2, 0) is 4.79 Å². The Balaban J connectivity index is 1.81. The van der Waals surface area contributed by atoms with Crippen LogP contribution in [0.25, 0.3) is 6.08 Å². The molecule has 6 nitrogen and oxygen atoms in total. The van der Waals surface area contributed by atoms with Crippen LogP contribution in [-0.4, -0.2) is 33.1 Å². The minimum Gasteiger partial charge on any atom is -0.497 e. The monoisotopic (exact) mass is 432 g/mol. The lowest BCUT2D eigenvalue weighted by molar-refractivity contribution is -0.113. The van der Waals surface area contributed by atoms with Gasteiger partial charge in [0.05, 0.1) is 27.0 Å². The molecule has 0 fully saturated rings. The molecule has 0 saturated carbocycles. The number of anilines is 1. The number of nitrogens with zero attached hydrogens (tertiary/aromatic N) is 2. The second-order valence-electron chi connectivity index (χ2n) is 6.92. The highest BCUT2D eigenvalue weighted by molar-refractivity contribution is 6.33. The molecule has 162 valence electrons. The summed E-state index contributed by atoms with van der Waals surface area (Å²) in [5.74, 6) is 1.58. The molecule has 0 radical (unpaired) electrons. The highest BCUT2D eigenvalue weighted by atomic mass is 19.1. The lowest BCUT2D eigenvalue weighted by Crippen LogP contribution is -2.32. The molecule has 0 N–H and O–H groups in total. The summed E-state index contributed by atoms with van der Waals surface area (Å²) >= 11 is 0. The number of halogens is 1. The van der Waals surface area contributed by atoms with E-state index in [-0.39, 0.29) is 17.4 Å². The largest absolute Gasteiger partial charge is 0.497 e. The highest BCUT2D eigenvalue weighted by Gasteiger charge is 2.32. The molecular formula is C25H21FN2O4. The van der Waals surface area contributed by atoms with Gasteiger partial charge in [0.2, 0.25) is 0 Å². The first-order valence-corrected chi connectivity index (χ1v) is 9.81. The summed E-state index contributed by atoms with van der Waals surface area (Å²) in [7, 11) is 4.70. The predicted molar refractivity (Wildman–Crippen MR) is 121 cm³/mol. The van der Waals surface area contributed by atoms with Gasteiger partial charge in [0.25, 0.3) is 5.91 Å². The van der Waals surface area contributed by atoms with Crippen molar-refractivity contribution in [3.8, 4) is 17.2 Å². The van der Waals surface area contributed by atoms with Crippen LogP contribution in [0.15, 0.2) is 77.4 Å². The molecule has 1 heterocycles. The van der Waals surface area contributed by atoms with Gasteiger partial charge in [-0.2, -0.15) is 0 Å². The van der Waals surface area contributed by atoms with E-state index in [1.165, 1.54) is 17.0 Å². The fraction of sp³-hybridized carbons (Fsp3) is 0.120. The second kappa shape index (κ2) is 8.93. The van der Waals surface area contributed by atoms with E-state index in [1.54, 1.807) is 69.9 Å². The lowest BCUT2D eigenvalue weighted by atomic mass is 10.1. The van der Waals surface area contributed by atoms with Crippen molar-refractivity contribution in [2.45, 2.75) is 0 Å². The summed E-state index contributed by atoms with van der Waals surface area (Å²) in [5.41, 5.74) is 2.13. The average molecular weight is 432 g/mol. The Morgan fingerprint density at radius 3 is 2.12 bits per heavy atom. The fourth-order valence-corrected chi connectivity index (χ4v) is 3.37. The van der Waals surface area contributed by atoms with Crippen LogP contribution in [0.2, 0.25) is 0 Å². The van der Waals surface area contributed by atoms with Crippen LogP contribution >= 0.6 is 0 Å². The van der Waals surface area contributed by atoms with Crippen LogP contribution in [0, 0.1) is 5.82 Å². The van der Waals surface area contributed by atoms with E-state index in [9.17, 15) is 9.18 Å². The van der Waals surface area contributed by atoms with Crippen molar-refractivity contribution in [3.05, 3.63) is 89.4 Å². The molecular weight excluding hydrogens is 411 g/mol. The normalized spacial score (nSPS) is 14.5. The maximum atomic E-state index is 13.5. The van der Waals surface area contributed by atoms with Crippen LogP contribution in [0.4, 0.5) is 10.1 Å². The maximum absolute atomic E-state index is 13.5. The number of amides is 1. The van der Waals surface area contributed by atoms with E-state index in [2.05, 4.69) is 4.99 Å². The molecule has 0 aliphatic carbocycles. The van der Waals surface area contributed by atoms with E-state index < -0.39 is 0 Å². The van der Waals surface area contributed by atoms with Crippen LogP contribution in [0.3, 0.4) is 0 Å². The number of ether oxygens (including phenoxy) is 3. The third-order valence-electron chi connectivity index (χ3n) is 5.03. The smallest absolute Gasteiger partial charge is 0.282 e. The first-order valence-electron chi connectivity index (χ1n) is 9.81. The molecule has 3 aromatic rings. The standard InChI is InChI=1S/C25H21FN2O4/c1-30-20-11-4-16(5-12-20)24-27-22(14-17-6-13-21(31-2)15-23(17)32-3)25(29)28(24)19-9-7-18(26)8-10-19/h4-15H,1-3H3/b22-14+. The van der Waals surface area contributed by atoms with Gasteiger partial charge < -0.3 is 14.2 Å². The highest BCUT2D eigenvalue weighted by Crippen LogP contribution is 2.31. The summed E-state index contributed by atoms with van der Waals surface area (Å²) in [5, 5.41) is 0. The van der Waals surface area contributed by atoms with Gasteiger partial charge in [-0.05, 0) is 66.7 Å². The number of carbonyl (C=O) groups excluding carboxylic acids is 1. The van der Waals surface area contributed by atoms with Crippen molar-refractivity contribution in [3.63, 3.8) is 0 Å². The fourth-order valence-electron chi connectivity index (χ4n) is 3.37. The SMILES string of the molecule is COc1ccc(C2=N/C(=C/c3ccc(OC)cc3OC)C(=O)N2c2ccc(F)cc2)cc1. The van der Waals surface area contributed by atoms with Gasteiger partial charge >= 0.3 is 0 Å². The van der Waals surface area contributed by atoms with Crippen LogP contribution in [0.1, 0.15) is 11.1 Å². The Bertz CT molecular complexity index is 1200. The van der Waals surface area contributed by atoms with Crippen molar-refractivity contribution < 1.29 is 23.4 Å². The number of carbonyl (C=O) groups is 1. The first kappa shape index (κ1) is 21.1. The summed E-state index contributed by atoms with van der Waals surface area (Å²) in [6, 6.07) is 18.2.